The van der Waals surface area contributed by atoms with Crippen LogP contribution >= 0.6 is 10.7 Å². The summed E-state index contributed by atoms with van der Waals surface area (Å²) >= 11 is 0. The Labute approximate surface area is 160 Å². The minimum Gasteiger partial charge on any atom is -0.349 e. The number of nitrogens with one attached hydrogen (secondary N) is 1. The quantitative estimate of drug-likeness (QED) is 0.633. The zero-order chi connectivity index (χ0) is 19.8. The van der Waals surface area contributed by atoms with E-state index in [2.05, 4.69) is 4.98 Å². The highest BCUT2D eigenvalue weighted by Crippen LogP contribution is 2.24. The Morgan fingerprint density at radius 1 is 1.00 bits per heavy atom. The van der Waals surface area contributed by atoms with Gasteiger partial charge in [0.2, 0.25) is 0 Å². The Morgan fingerprint density at radius 2 is 1.59 bits per heavy atom. The summed E-state index contributed by atoms with van der Waals surface area (Å²) in [5.74, 6) is 0. The molecule has 2 heterocycles. The molecule has 0 unspecified atom stereocenters. The van der Waals surface area contributed by atoms with Crippen LogP contribution in [0.15, 0.2) is 44.8 Å². The van der Waals surface area contributed by atoms with Crippen LogP contribution in [0.5, 0.6) is 0 Å². The second kappa shape index (κ2) is 7.36. The molecule has 27 heavy (non-hydrogen) atoms. The van der Waals surface area contributed by atoms with Gasteiger partial charge in [0.15, 0.2) is 0 Å². The number of hydrogen-bond acceptors (Lipinski definition) is 4. The fraction of sp³-hybridized carbons (Fsp3) is 0.333. The third-order valence-corrected chi connectivity index (χ3v) is 5.72. The van der Waals surface area contributed by atoms with Gasteiger partial charge in [-0.1, -0.05) is 26.0 Å². The molecule has 0 aliphatic rings. The Morgan fingerprint density at radius 3 is 2.15 bits per heavy atom. The molecule has 1 aromatic carbocycles. The van der Waals surface area contributed by atoms with Gasteiger partial charge >= 0.3 is 5.69 Å². The molecule has 144 valence electrons. The average Bonchev–Trinajstić information content (AvgIpc) is 3.07. The number of benzene rings is 1. The molecule has 0 amide bonds. The van der Waals surface area contributed by atoms with Crippen molar-refractivity contribution in [2.75, 3.05) is 0 Å². The van der Waals surface area contributed by atoms with Crippen molar-refractivity contribution in [1.29, 1.82) is 0 Å². The predicted molar refractivity (Wildman–Crippen MR) is 106 cm³/mol. The maximum absolute atomic E-state index is 12.7. The number of rotatable bonds is 6. The zero-order valence-electron chi connectivity index (χ0n) is 15.0. The highest BCUT2D eigenvalue weighted by atomic mass is 35.7. The summed E-state index contributed by atoms with van der Waals surface area (Å²) in [6, 6.07) is 7.75. The van der Waals surface area contributed by atoms with E-state index in [1.54, 1.807) is 22.8 Å². The van der Waals surface area contributed by atoms with Gasteiger partial charge in [-0.15, -0.1) is 0 Å². The number of aromatic amines is 1. The lowest BCUT2D eigenvalue weighted by molar-refractivity contribution is 0.558. The van der Waals surface area contributed by atoms with Crippen molar-refractivity contribution >= 4 is 30.8 Å². The van der Waals surface area contributed by atoms with E-state index in [0.717, 1.165) is 6.42 Å². The van der Waals surface area contributed by atoms with Gasteiger partial charge in [0, 0.05) is 29.5 Å². The summed E-state index contributed by atoms with van der Waals surface area (Å²) in [6.45, 7) is 4.73. The topological polar surface area (TPSA) is 93.9 Å². The Hall–Kier alpha value is -2.32. The minimum atomic E-state index is -3.80. The van der Waals surface area contributed by atoms with Crippen LogP contribution in [0.2, 0.25) is 0 Å². The van der Waals surface area contributed by atoms with Gasteiger partial charge in [-0.3, -0.25) is 13.9 Å². The first kappa shape index (κ1) is 19.4. The molecular weight excluding hydrogens is 390 g/mol. The predicted octanol–water partition coefficient (Wildman–Crippen LogP) is 2.91. The summed E-state index contributed by atoms with van der Waals surface area (Å²) in [6.07, 6.45) is 1.43. The first-order valence-electron chi connectivity index (χ1n) is 8.69. The van der Waals surface area contributed by atoms with Crippen molar-refractivity contribution < 1.29 is 8.42 Å². The van der Waals surface area contributed by atoms with Crippen LogP contribution in [0, 0.1) is 0 Å². The lowest BCUT2D eigenvalue weighted by atomic mass is 10.1. The molecule has 3 aromatic rings. The summed E-state index contributed by atoms with van der Waals surface area (Å²) in [7, 11) is 1.54. The van der Waals surface area contributed by atoms with Gasteiger partial charge in [0.1, 0.15) is 5.52 Å². The number of fused-ring (bicyclic) bond motifs is 1. The lowest BCUT2D eigenvalue weighted by Crippen LogP contribution is -2.39. The Kier molecular flexibility index (Phi) is 5.30. The molecule has 1 N–H and O–H groups in total. The van der Waals surface area contributed by atoms with Crippen molar-refractivity contribution in [3.63, 3.8) is 0 Å². The van der Waals surface area contributed by atoms with E-state index in [1.807, 2.05) is 13.8 Å². The standard InChI is InChI=1S/C18H20ClN3O4S/c1-3-9-21-15-11-14(12-5-7-13(8-6-12)27(19,25)26)20-16(15)17(23)22(10-4-2)18(21)24/h5-8,11,20H,3-4,9-10H2,1-2H3. The molecule has 0 aliphatic carbocycles. The summed E-state index contributed by atoms with van der Waals surface area (Å²) in [5.41, 5.74) is 1.55. The monoisotopic (exact) mass is 409 g/mol. The van der Waals surface area contributed by atoms with E-state index in [4.69, 9.17) is 10.7 Å². The largest absolute Gasteiger partial charge is 0.349 e. The van der Waals surface area contributed by atoms with E-state index in [1.165, 1.54) is 16.7 Å². The molecule has 0 spiro atoms. The summed E-state index contributed by atoms with van der Waals surface area (Å²) < 4.78 is 25.6. The Bertz CT molecular complexity index is 1200. The summed E-state index contributed by atoms with van der Waals surface area (Å²) in [5, 5.41) is 0. The highest BCUT2D eigenvalue weighted by molar-refractivity contribution is 8.13. The van der Waals surface area contributed by atoms with E-state index in [9.17, 15) is 18.0 Å². The second-order valence-electron chi connectivity index (χ2n) is 6.30. The number of aryl methyl sites for hydroxylation is 1. The molecule has 3 rings (SSSR count). The average molecular weight is 410 g/mol. The zero-order valence-corrected chi connectivity index (χ0v) is 16.6. The van der Waals surface area contributed by atoms with Crippen LogP contribution in [0.3, 0.4) is 0 Å². The molecule has 2 aromatic heterocycles. The molecule has 9 heteroatoms. The van der Waals surface area contributed by atoms with Crippen LogP contribution in [-0.2, 0) is 22.1 Å². The van der Waals surface area contributed by atoms with Crippen LogP contribution in [-0.4, -0.2) is 22.5 Å². The molecule has 0 saturated carbocycles. The molecular formula is C18H20ClN3O4S. The molecule has 0 fully saturated rings. The van der Waals surface area contributed by atoms with Crippen molar-refractivity contribution in [3.05, 3.63) is 51.2 Å². The van der Waals surface area contributed by atoms with E-state index in [0.29, 0.717) is 41.8 Å². The normalized spacial score (nSPS) is 12.0. The van der Waals surface area contributed by atoms with Gasteiger partial charge in [-0.2, -0.15) is 0 Å². The van der Waals surface area contributed by atoms with E-state index < -0.39 is 9.05 Å². The number of H-pyrrole nitrogens is 1. The fourth-order valence-corrected chi connectivity index (χ4v) is 3.87. The third kappa shape index (κ3) is 3.59. The van der Waals surface area contributed by atoms with E-state index in [-0.39, 0.29) is 16.1 Å². The molecule has 0 atom stereocenters. The van der Waals surface area contributed by atoms with Gasteiger partial charge in [0.25, 0.3) is 14.6 Å². The van der Waals surface area contributed by atoms with Crippen LogP contribution in [0.1, 0.15) is 26.7 Å². The second-order valence-corrected chi connectivity index (χ2v) is 8.86. The van der Waals surface area contributed by atoms with Crippen molar-refractivity contribution in [2.45, 2.75) is 44.7 Å². The first-order chi connectivity index (χ1) is 12.8. The van der Waals surface area contributed by atoms with Crippen molar-refractivity contribution in [3.8, 4) is 11.3 Å². The van der Waals surface area contributed by atoms with Gasteiger partial charge in [-0.25, -0.2) is 13.2 Å². The van der Waals surface area contributed by atoms with Crippen molar-refractivity contribution in [2.24, 2.45) is 0 Å². The molecule has 7 nitrogen and oxygen atoms in total. The maximum atomic E-state index is 12.7. The fourth-order valence-electron chi connectivity index (χ4n) is 3.10. The van der Waals surface area contributed by atoms with Crippen LogP contribution in [0.25, 0.3) is 22.3 Å². The Balaban J connectivity index is 2.22. The van der Waals surface area contributed by atoms with Gasteiger partial charge in [0.05, 0.1) is 10.4 Å². The van der Waals surface area contributed by atoms with Gasteiger partial charge in [-0.05, 0) is 36.6 Å². The number of aromatic nitrogens is 3. The number of nitrogens with zero attached hydrogens (tertiary/aromatic N) is 2. The molecule has 0 saturated heterocycles. The third-order valence-electron chi connectivity index (χ3n) is 4.35. The molecule has 0 radical (unpaired) electrons. The van der Waals surface area contributed by atoms with Crippen LogP contribution in [0.4, 0.5) is 0 Å². The van der Waals surface area contributed by atoms with Gasteiger partial charge < -0.3 is 4.98 Å². The first-order valence-corrected chi connectivity index (χ1v) is 11.0. The smallest absolute Gasteiger partial charge is 0.331 e. The number of halogens is 1. The van der Waals surface area contributed by atoms with Crippen LogP contribution < -0.4 is 11.2 Å². The lowest BCUT2D eigenvalue weighted by Gasteiger charge is -2.10. The molecule has 0 bridgehead atoms. The summed E-state index contributed by atoms with van der Waals surface area (Å²) in [4.78, 5) is 28.5. The SMILES string of the molecule is CCCn1c(=O)c2[nH]c(-c3ccc(S(=O)(=O)Cl)cc3)cc2n(CCC)c1=O. The maximum Gasteiger partial charge on any atom is 0.331 e. The van der Waals surface area contributed by atoms with Crippen molar-refractivity contribution in [1.82, 2.24) is 14.1 Å². The minimum absolute atomic E-state index is 0.00257. The number of hydrogen-bond donors (Lipinski definition) is 1. The molecule has 0 aliphatic heterocycles. The van der Waals surface area contributed by atoms with E-state index >= 15 is 0 Å². The highest BCUT2D eigenvalue weighted by Gasteiger charge is 2.16.